The number of ether oxygens (including phenoxy) is 5. The molecule has 0 aliphatic carbocycles. The van der Waals surface area contributed by atoms with Crippen molar-refractivity contribution in [2.75, 3.05) is 6.61 Å². The highest BCUT2D eigenvalue weighted by atomic mass is 16.7. The maximum atomic E-state index is 12.3. The zero-order valence-electron chi connectivity index (χ0n) is 22.5. The van der Waals surface area contributed by atoms with Crippen molar-refractivity contribution in [1.82, 2.24) is 0 Å². The number of aliphatic hydroxyl groups is 1. The number of carbonyl (C=O) groups excluding carboxylic acids is 3. The summed E-state index contributed by atoms with van der Waals surface area (Å²) >= 11 is 0. The summed E-state index contributed by atoms with van der Waals surface area (Å²) in [6, 6.07) is 28.2. The van der Waals surface area contributed by atoms with E-state index in [4.69, 9.17) is 23.7 Å². The van der Waals surface area contributed by atoms with Gasteiger partial charge in [-0.1, -0.05) is 91.0 Å². The van der Waals surface area contributed by atoms with Gasteiger partial charge in [0.2, 0.25) is 0 Å². The molecule has 9 nitrogen and oxygen atoms in total. The van der Waals surface area contributed by atoms with E-state index in [1.807, 2.05) is 91.0 Å². The second kappa shape index (κ2) is 12.9. The topological polar surface area (TPSA) is 118 Å². The lowest BCUT2D eigenvalue weighted by molar-refractivity contribution is -0.310. The van der Waals surface area contributed by atoms with Crippen LogP contribution in [0.25, 0.3) is 0 Å². The summed E-state index contributed by atoms with van der Waals surface area (Å²) in [5.41, 5.74) is 0.864. The standard InChI is InChI=1S/C31H32O9/c1-20(32)36-19-26-27(37-21(2)33)28(29(30(35)39-26)38-22(3)34)40-31(23-13-7-4-8-14-23,24-15-9-5-10-16-24)25-17-11-6-12-18-25/h4-18,26-30,35H,19H2,1-3H3/t26-,27-,28+,29-,30+/m1/s1. The van der Waals surface area contributed by atoms with E-state index in [9.17, 15) is 19.5 Å². The Kier molecular flexibility index (Phi) is 9.31. The Morgan fingerprint density at radius 1 is 0.675 bits per heavy atom. The van der Waals surface area contributed by atoms with Gasteiger partial charge in [0.05, 0.1) is 0 Å². The van der Waals surface area contributed by atoms with Gasteiger partial charge in [0.25, 0.3) is 0 Å². The van der Waals surface area contributed by atoms with Gasteiger partial charge in [0.1, 0.15) is 24.4 Å². The molecule has 3 aromatic rings. The molecule has 1 aliphatic rings. The summed E-state index contributed by atoms with van der Waals surface area (Å²) < 4.78 is 29.1. The molecule has 1 saturated heterocycles. The Morgan fingerprint density at radius 3 is 1.50 bits per heavy atom. The average molecular weight is 549 g/mol. The summed E-state index contributed by atoms with van der Waals surface area (Å²) in [6.45, 7) is 3.28. The minimum absolute atomic E-state index is 0.341. The molecule has 40 heavy (non-hydrogen) atoms. The molecule has 9 heteroatoms. The van der Waals surface area contributed by atoms with E-state index in [2.05, 4.69) is 0 Å². The average Bonchev–Trinajstić information content (AvgIpc) is 2.94. The van der Waals surface area contributed by atoms with Crippen molar-refractivity contribution < 1.29 is 43.2 Å². The van der Waals surface area contributed by atoms with Crippen LogP contribution in [0.15, 0.2) is 91.0 Å². The number of esters is 3. The Hall–Kier alpha value is -4.05. The number of hydrogen-bond donors (Lipinski definition) is 1. The molecule has 0 unspecified atom stereocenters. The van der Waals surface area contributed by atoms with Crippen molar-refractivity contribution in [3.8, 4) is 0 Å². The minimum atomic E-state index is -1.68. The molecule has 0 aromatic heterocycles. The molecule has 1 heterocycles. The van der Waals surface area contributed by atoms with Crippen LogP contribution in [0.1, 0.15) is 37.5 Å². The SMILES string of the molecule is CC(=O)OC[C@H]1O[C@H](O)[C@H](OC(C)=O)[C@@H](OC(c2ccccc2)(c2ccccc2)c2ccccc2)[C@@H]1OC(C)=O. The van der Waals surface area contributed by atoms with E-state index in [0.717, 1.165) is 16.7 Å². The molecule has 1 N–H and O–H groups in total. The third-order valence-corrected chi connectivity index (χ3v) is 6.52. The number of hydrogen-bond acceptors (Lipinski definition) is 9. The first-order chi connectivity index (χ1) is 19.2. The molecule has 0 radical (unpaired) electrons. The molecular weight excluding hydrogens is 516 g/mol. The van der Waals surface area contributed by atoms with Crippen molar-refractivity contribution in [3.63, 3.8) is 0 Å². The van der Waals surface area contributed by atoms with Crippen molar-refractivity contribution in [1.29, 1.82) is 0 Å². The predicted octanol–water partition coefficient (Wildman–Crippen LogP) is 3.51. The van der Waals surface area contributed by atoms with Gasteiger partial charge in [-0.3, -0.25) is 14.4 Å². The largest absolute Gasteiger partial charge is 0.463 e. The molecule has 0 bridgehead atoms. The maximum absolute atomic E-state index is 12.3. The lowest BCUT2D eigenvalue weighted by Gasteiger charge is -2.47. The van der Waals surface area contributed by atoms with Gasteiger partial charge in [-0.25, -0.2) is 0 Å². The van der Waals surface area contributed by atoms with Crippen LogP contribution in [0.2, 0.25) is 0 Å². The molecule has 0 saturated carbocycles. The fourth-order valence-corrected chi connectivity index (χ4v) is 4.94. The highest BCUT2D eigenvalue weighted by Crippen LogP contribution is 2.44. The number of carbonyl (C=O) groups is 3. The minimum Gasteiger partial charge on any atom is -0.463 e. The fraction of sp³-hybridized carbons (Fsp3) is 0.323. The lowest BCUT2D eigenvalue weighted by atomic mass is 9.79. The van der Waals surface area contributed by atoms with E-state index >= 15 is 0 Å². The van der Waals surface area contributed by atoms with Gasteiger partial charge in [-0.2, -0.15) is 0 Å². The monoisotopic (exact) mass is 548 g/mol. The summed E-state index contributed by atoms with van der Waals surface area (Å²) in [5.74, 6) is -1.96. The second-order valence-electron chi connectivity index (χ2n) is 9.38. The third-order valence-electron chi connectivity index (χ3n) is 6.52. The first-order valence-corrected chi connectivity index (χ1v) is 12.9. The van der Waals surface area contributed by atoms with Crippen molar-refractivity contribution >= 4 is 17.9 Å². The smallest absolute Gasteiger partial charge is 0.303 e. The zero-order chi connectivity index (χ0) is 28.7. The van der Waals surface area contributed by atoms with Crippen molar-refractivity contribution in [2.24, 2.45) is 0 Å². The Bertz CT molecular complexity index is 1180. The van der Waals surface area contributed by atoms with E-state index < -0.39 is 54.2 Å². The highest BCUT2D eigenvalue weighted by Gasteiger charge is 2.54. The van der Waals surface area contributed by atoms with Gasteiger partial charge >= 0.3 is 17.9 Å². The fourth-order valence-electron chi connectivity index (χ4n) is 4.94. The van der Waals surface area contributed by atoms with Gasteiger partial charge in [0, 0.05) is 20.8 Å². The van der Waals surface area contributed by atoms with Crippen LogP contribution in [0.3, 0.4) is 0 Å². The van der Waals surface area contributed by atoms with Gasteiger partial charge < -0.3 is 28.8 Å². The maximum Gasteiger partial charge on any atom is 0.303 e. The molecule has 0 spiro atoms. The zero-order valence-corrected chi connectivity index (χ0v) is 22.5. The molecular formula is C31H32O9. The van der Waals surface area contributed by atoms with Gasteiger partial charge in [0.15, 0.2) is 18.5 Å². The van der Waals surface area contributed by atoms with Crippen molar-refractivity contribution in [3.05, 3.63) is 108 Å². The molecule has 0 amide bonds. The third kappa shape index (κ3) is 6.39. The Balaban J connectivity index is 1.95. The predicted molar refractivity (Wildman–Crippen MR) is 143 cm³/mol. The van der Waals surface area contributed by atoms with E-state index in [0.29, 0.717) is 0 Å². The first kappa shape index (κ1) is 28.9. The normalized spacial score (nSPS) is 22.6. The molecule has 210 valence electrons. The van der Waals surface area contributed by atoms with E-state index in [1.165, 1.54) is 20.8 Å². The highest BCUT2D eigenvalue weighted by molar-refractivity contribution is 5.67. The quantitative estimate of drug-likeness (QED) is 0.244. The van der Waals surface area contributed by atoms with Gasteiger partial charge in [-0.15, -0.1) is 0 Å². The van der Waals surface area contributed by atoms with Crippen LogP contribution in [0.4, 0.5) is 0 Å². The van der Waals surface area contributed by atoms with Gasteiger partial charge in [-0.05, 0) is 16.7 Å². The number of benzene rings is 3. The Morgan fingerprint density at radius 2 is 1.10 bits per heavy atom. The molecule has 4 rings (SSSR count). The molecule has 5 atom stereocenters. The lowest BCUT2D eigenvalue weighted by Crippen LogP contribution is -2.63. The summed E-state index contributed by atoms with van der Waals surface area (Å²) in [5, 5.41) is 11.0. The Labute approximate surface area is 232 Å². The molecule has 1 aliphatic heterocycles. The van der Waals surface area contributed by atoms with Crippen LogP contribution < -0.4 is 0 Å². The van der Waals surface area contributed by atoms with E-state index in [-0.39, 0.29) is 6.61 Å². The summed E-state index contributed by atoms with van der Waals surface area (Å²) in [6.07, 6.45) is -6.70. The second-order valence-corrected chi connectivity index (χ2v) is 9.38. The van der Waals surface area contributed by atoms with Crippen LogP contribution >= 0.6 is 0 Å². The summed E-state index contributed by atoms with van der Waals surface area (Å²) in [4.78, 5) is 36.1. The van der Waals surface area contributed by atoms with Crippen molar-refractivity contribution in [2.45, 2.75) is 57.1 Å². The van der Waals surface area contributed by atoms with Crippen LogP contribution in [-0.2, 0) is 43.7 Å². The van der Waals surface area contributed by atoms with Crippen LogP contribution in [-0.4, -0.2) is 60.3 Å². The number of rotatable bonds is 9. The summed E-state index contributed by atoms with van der Waals surface area (Å²) in [7, 11) is 0. The van der Waals surface area contributed by atoms with Crippen LogP contribution in [0, 0.1) is 0 Å². The van der Waals surface area contributed by atoms with Crippen LogP contribution in [0.5, 0.6) is 0 Å². The first-order valence-electron chi connectivity index (χ1n) is 12.9. The van der Waals surface area contributed by atoms with E-state index in [1.54, 1.807) is 0 Å². The molecule has 1 fully saturated rings. The molecule has 3 aromatic carbocycles. The number of aliphatic hydroxyl groups excluding tert-OH is 1.